The topological polar surface area (TPSA) is 25.2 Å². The van der Waals surface area contributed by atoms with Crippen LogP contribution < -0.4 is 0 Å². The highest BCUT2D eigenvalue weighted by Crippen LogP contribution is 2.20. The van der Waals surface area contributed by atoms with Crippen LogP contribution in [0.15, 0.2) is 29.9 Å². The predicted octanol–water partition coefficient (Wildman–Crippen LogP) is 3.07. The molecule has 0 aliphatic heterocycles. The molecular weight excluding hydrogens is 180 g/mol. The predicted molar refractivity (Wildman–Crippen MR) is 59.2 cm³/mol. The summed E-state index contributed by atoms with van der Waals surface area (Å²) in [6, 6.07) is 0. The lowest BCUT2D eigenvalue weighted by Crippen LogP contribution is -1.77. The van der Waals surface area contributed by atoms with E-state index in [1.54, 1.807) is 23.6 Å². The number of hydrogen-bond donors (Lipinski definition) is 0. The molecule has 1 aromatic rings. The average Bonchev–Trinajstić information content (AvgIpc) is 2.54. The van der Waals surface area contributed by atoms with Gasteiger partial charge in [-0.05, 0) is 13.8 Å². The number of allylic oxidation sites excluding steroid dienone is 2. The van der Waals surface area contributed by atoms with Gasteiger partial charge in [-0.15, -0.1) is 11.3 Å². The molecule has 0 amide bonds. The maximum absolute atomic E-state index is 4.24. The third-order valence-electron chi connectivity index (χ3n) is 1.43. The molecule has 3 heteroatoms. The van der Waals surface area contributed by atoms with E-state index < -0.39 is 0 Å². The molecule has 0 N–H and O–H groups in total. The maximum Gasteiger partial charge on any atom is 0.141 e. The Morgan fingerprint density at radius 2 is 2.46 bits per heavy atom. The molecule has 0 spiro atoms. The van der Waals surface area contributed by atoms with E-state index in [0.717, 1.165) is 10.7 Å². The van der Waals surface area contributed by atoms with Gasteiger partial charge in [-0.2, -0.15) is 0 Å². The van der Waals surface area contributed by atoms with Gasteiger partial charge in [-0.25, -0.2) is 4.98 Å². The first-order chi connectivity index (χ1) is 6.27. The summed E-state index contributed by atoms with van der Waals surface area (Å²) >= 11 is 1.64. The SMILES string of the molecule is C=CC=N/C(=C\C)c1ncc(C)s1. The van der Waals surface area contributed by atoms with Gasteiger partial charge in [-0.3, -0.25) is 4.99 Å². The minimum Gasteiger partial charge on any atom is -0.254 e. The van der Waals surface area contributed by atoms with Gasteiger partial charge in [0.25, 0.3) is 0 Å². The molecule has 0 saturated heterocycles. The molecule has 0 fully saturated rings. The molecule has 0 atom stereocenters. The summed E-state index contributed by atoms with van der Waals surface area (Å²) in [7, 11) is 0. The van der Waals surface area contributed by atoms with Crippen molar-refractivity contribution in [2.75, 3.05) is 0 Å². The first kappa shape index (κ1) is 9.86. The average molecular weight is 192 g/mol. The van der Waals surface area contributed by atoms with Crippen LogP contribution in [0.25, 0.3) is 5.70 Å². The number of rotatable bonds is 3. The fourth-order valence-electron chi connectivity index (χ4n) is 0.859. The smallest absolute Gasteiger partial charge is 0.141 e. The van der Waals surface area contributed by atoms with Gasteiger partial charge >= 0.3 is 0 Å². The first-order valence-corrected chi connectivity index (χ1v) is 4.83. The molecular formula is C10H12N2S. The second-order valence-corrected chi connectivity index (χ2v) is 3.70. The summed E-state index contributed by atoms with van der Waals surface area (Å²) in [5.74, 6) is 0. The standard InChI is InChI=1S/C10H12N2S/c1-4-6-11-9(5-2)10-12-7-8(3)13-10/h4-7H,1H2,2-3H3/b9-5-,11-6?. The van der Waals surface area contributed by atoms with Crippen LogP contribution in [0.4, 0.5) is 0 Å². The van der Waals surface area contributed by atoms with Crippen molar-refractivity contribution in [2.24, 2.45) is 4.99 Å². The summed E-state index contributed by atoms with van der Waals surface area (Å²) in [5, 5.41) is 0.957. The first-order valence-electron chi connectivity index (χ1n) is 4.02. The second kappa shape index (κ2) is 4.72. The monoisotopic (exact) mass is 192 g/mol. The number of aryl methyl sites for hydroxylation is 1. The van der Waals surface area contributed by atoms with E-state index >= 15 is 0 Å². The molecule has 0 aliphatic carbocycles. The Morgan fingerprint density at radius 1 is 1.69 bits per heavy atom. The normalized spacial score (nSPS) is 12.3. The Balaban J connectivity index is 2.91. The number of thiazole rings is 1. The van der Waals surface area contributed by atoms with Crippen molar-refractivity contribution in [1.29, 1.82) is 0 Å². The highest BCUT2D eigenvalue weighted by molar-refractivity contribution is 7.12. The zero-order valence-corrected chi connectivity index (χ0v) is 8.64. The lowest BCUT2D eigenvalue weighted by Gasteiger charge is -1.92. The van der Waals surface area contributed by atoms with Crippen LogP contribution in [-0.2, 0) is 0 Å². The Bertz CT molecular complexity index is 348. The van der Waals surface area contributed by atoms with Crippen molar-refractivity contribution in [3.05, 3.63) is 34.8 Å². The number of aromatic nitrogens is 1. The Kier molecular flexibility index (Phi) is 3.58. The summed E-state index contributed by atoms with van der Waals surface area (Å²) in [6.45, 7) is 7.56. The molecule has 0 aliphatic rings. The van der Waals surface area contributed by atoms with Crippen molar-refractivity contribution >= 4 is 23.2 Å². The lowest BCUT2D eigenvalue weighted by atomic mass is 10.4. The van der Waals surface area contributed by atoms with Gasteiger partial charge < -0.3 is 0 Å². The third-order valence-corrected chi connectivity index (χ3v) is 2.37. The zero-order valence-electron chi connectivity index (χ0n) is 7.82. The van der Waals surface area contributed by atoms with Crippen LogP contribution >= 0.6 is 11.3 Å². The van der Waals surface area contributed by atoms with Crippen LogP contribution in [0.3, 0.4) is 0 Å². The molecule has 0 unspecified atom stereocenters. The van der Waals surface area contributed by atoms with Crippen molar-refractivity contribution in [2.45, 2.75) is 13.8 Å². The van der Waals surface area contributed by atoms with Gasteiger partial charge in [0, 0.05) is 17.3 Å². The van der Waals surface area contributed by atoms with E-state index in [4.69, 9.17) is 0 Å². The van der Waals surface area contributed by atoms with Gasteiger partial charge in [0.1, 0.15) is 5.01 Å². The molecule has 0 bridgehead atoms. The molecule has 68 valence electrons. The van der Waals surface area contributed by atoms with Gasteiger partial charge in [0.2, 0.25) is 0 Å². The molecule has 0 radical (unpaired) electrons. The minimum absolute atomic E-state index is 0.901. The van der Waals surface area contributed by atoms with Crippen molar-refractivity contribution < 1.29 is 0 Å². The molecule has 1 heterocycles. The van der Waals surface area contributed by atoms with E-state index in [-0.39, 0.29) is 0 Å². The molecule has 1 aromatic heterocycles. The van der Waals surface area contributed by atoms with E-state index in [9.17, 15) is 0 Å². The number of nitrogens with zero attached hydrogens (tertiary/aromatic N) is 2. The Morgan fingerprint density at radius 3 is 2.92 bits per heavy atom. The van der Waals surface area contributed by atoms with Crippen molar-refractivity contribution in [1.82, 2.24) is 4.98 Å². The quantitative estimate of drug-likeness (QED) is 0.676. The second-order valence-electron chi connectivity index (χ2n) is 2.46. The lowest BCUT2D eigenvalue weighted by molar-refractivity contribution is 1.32. The highest BCUT2D eigenvalue weighted by Gasteiger charge is 2.01. The van der Waals surface area contributed by atoms with Crippen molar-refractivity contribution in [3.8, 4) is 0 Å². The molecule has 13 heavy (non-hydrogen) atoms. The Labute approximate surface area is 82.4 Å². The number of aliphatic imine (C=N–C) groups is 1. The maximum atomic E-state index is 4.24. The minimum atomic E-state index is 0.901. The molecule has 1 rings (SSSR count). The van der Waals surface area contributed by atoms with Gasteiger partial charge in [0.05, 0.1) is 5.70 Å². The molecule has 0 saturated carbocycles. The molecule has 0 aromatic carbocycles. The van der Waals surface area contributed by atoms with E-state index in [1.807, 2.05) is 26.1 Å². The van der Waals surface area contributed by atoms with E-state index in [2.05, 4.69) is 16.6 Å². The summed E-state index contributed by atoms with van der Waals surface area (Å²) in [5.41, 5.74) is 0.901. The van der Waals surface area contributed by atoms with Crippen LogP contribution in [0.1, 0.15) is 16.8 Å². The fourth-order valence-corrected chi connectivity index (χ4v) is 1.65. The van der Waals surface area contributed by atoms with Crippen LogP contribution in [0, 0.1) is 6.92 Å². The Hall–Kier alpha value is -1.22. The van der Waals surface area contributed by atoms with Crippen molar-refractivity contribution in [3.63, 3.8) is 0 Å². The van der Waals surface area contributed by atoms with Gasteiger partial charge in [0.15, 0.2) is 0 Å². The van der Waals surface area contributed by atoms with Crippen LogP contribution in [0.2, 0.25) is 0 Å². The number of hydrogen-bond acceptors (Lipinski definition) is 3. The van der Waals surface area contributed by atoms with Crippen LogP contribution in [-0.4, -0.2) is 11.2 Å². The largest absolute Gasteiger partial charge is 0.254 e. The van der Waals surface area contributed by atoms with E-state index in [0.29, 0.717) is 0 Å². The molecule has 2 nitrogen and oxygen atoms in total. The summed E-state index contributed by atoms with van der Waals surface area (Å²) in [4.78, 5) is 9.65. The van der Waals surface area contributed by atoms with Crippen LogP contribution in [0.5, 0.6) is 0 Å². The van der Waals surface area contributed by atoms with Gasteiger partial charge in [-0.1, -0.05) is 18.7 Å². The van der Waals surface area contributed by atoms with E-state index in [1.165, 1.54) is 4.88 Å². The summed E-state index contributed by atoms with van der Waals surface area (Å²) < 4.78 is 0. The highest BCUT2D eigenvalue weighted by atomic mass is 32.1. The zero-order chi connectivity index (χ0) is 9.68. The third kappa shape index (κ3) is 2.63. The summed E-state index contributed by atoms with van der Waals surface area (Å²) in [6.07, 6.45) is 7.13. The fraction of sp³-hybridized carbons (Fsp3) is 0.200.